The number of hydrogen-bond acceptors (Lipinski definition) is 7. The van der Waals surface area contributed by atoms with Crippen LogP contribution in [-0.2, 0) is 14.3 Å². The third kappa shape index (κ3) is 4.37. The number of rotatable bonds is 5. The highest BCUT2D eigenvalue weighted by Crippen LogP contribution is 2.17. The summed E-state index contributed by atoms with van der Waals surface area (Å²) in [5.74, 6) is 5.28. The van der Waals surface area contributed by atoms with Crippen LogP contribution in [0.15, 0.2) is 29.2 Å². The lowest BCUT2D eigenvalue weighted by Crippen LogP contribution is -2.43. The average Bonchev–Trinajstić information content (AvgIpc) is 2.37. The number of carbonyl (C=O) groups excluding carboxylic acids is 1. The summed E-state index contributed by atoms with van der Waals surface area (Å²) in [4.78, 5) is 11.3. The Balaban J connectivity index is 2.86. The van der Waals surface area contributed by atoms with Crippen molar-refractivity contribution in [1.29, 1.82) is 0 Å². The Morgan fingerprint density at radius 2 is 2.20 bits per heavy atom. The van der Waals surface area contributed by atoms with Crippen LogP contribution >= 0.6 is 0 Å². The Morgan fingerprint density at radius 1 is 1.55 bits per heavy atom. The first-order valence-corrected chi connectivity index (χ1v) is 7.13. The predicted molar refractivity (Wildman–Crippen MR) is 72.2 cm³/mol. The molecule has 0 saturated carbocycles. The van der Waals surface area contributed by atoms with E-state index in [0.29, 0.717) is 10.7 Å². The lowest BCUT2D eigenvalue weighted by molar-refractivity contribution is 0.111. The second kappa shape index (κ2) is 6.55. The molecule has 8 nitrogen and oxygen atoms in total. The van der Waals surface area contributed by atoms with Gasteiger partial charge < -0.3 is 14.6 Å². The standard InChI is InChI=1S/C11H17N3O5S/c1-8(15)7-14(12)11(16)19-20(17,18)10-5-3-4-9(6-10)13-2/h3-6,8,13,15H,7,12H2,1-2H3. The predicted octanol–water partition coefficient (Wildman–Crippen LogP) is 0.110. The number of nitrogens with two attached hydrogens (primary N) is 1. The summed E-state index contributed by atoms with van der Waals surface area (Å²) in [6.07, 6.45) is -2.16. The van der Waals surface area contributed by atoms with Gasteiger partial charge in [-0.3, -0.25) is 0 Å². The number of nitrogens with one attached hydrogen (secondary N) is 1. The van der Waals surface area contributed by atoms with Gasteiger partial charge in [-0.05, 0) is 25.1 Å². The Labute approximate surface area is 117 Å². The molecule has 0 aliphatic heterocycles. The van der Waals surface area contributed by atoms with Crippen LogP contribution in [0.25, 0.3) is 0 Å². The maximum Gasteiger partial charge on any atom is 0.440 e. The maximum absolute atomic E-state index is 11.9. The van der Waals surface area contributed by atoms with Crippen molar-refractivity contribution in [3.63, 3.8) is 0 Å². The monoisotopic (exact) mass is 303 g/mol. The molecule has 0 aromatic heterocycles. The largest absolute Gasteiger partial charge is 0.440 e. The van der Waals surface area contributed by atoms with Gasteiger partial charge in [0.1, 0.15) is 4.90 Å². The number of hydrazine groups is 1. The molecular weight excluding hydrogens is 286 g/mol. The van der Waals surface area contributed by atoms with E-state index in [9.17, 15) is 13.2 Å². The molecule has 0 saturated heterocycles. The molecular formula is C11H17N3O5S. The van der Waals surface area contributed by atoms with Crippen LogP contribution in [0.3, 0.4) is 0 Å². The summed E-state index contributed by atoms with van der Waals surface area (Å²) in [6.45, 7) is 1.16. The highest BCUT2D eigenvalue weighted by Gasteiger charge is 2.24. The molecule has 1 amide bonds. The Morgan fingerprint density at radius 3 is 2.75 bits per heavy atom. The van der Waals surface area contributed by atoms with Crippen molar-refractivity contribution in [2.75, 3.05) is 18.9 Å². The first kappa shape index (κ1) is 16.2. The molecule has 0 aliphatic carbocycles. The summed E-state index contributed by atoms with van der Waals surface area (Å²) >= 11 is 0. The molecule has 1 atom stereocenters. The van der Waals surface area contributed by atoms with E-state index in [1.165, 1.54) is 25.1 Å². The SMILES string of the molecule is CNc1cccc(S(=O)(=O)OC(=O)N(N)CC(C)O)c1. The minimum Gasteiger partial charge on any atom is -0.392 e. The van der Waals surface area contributed by atoms with Gasteiger partial charge in [0.05, 0.1) is 12.6 Å². The molecule has 1 unspecified atom stereocenters. The van der Waals surface area contributed by atoms with Gasteiger partial charge in [-0.1, -0.05) is 6.07 Å². The second-order valence-electron chi connectivity index (χ2n) is 4.08. The first-order chi connectivity index (χ1) is 9.26. The van der Waals surface area contributed by atoms with Crippen molar-refractivity contribution >= 4 is 21.9 Å². The molecule has 4 N–H and O–H groups in total. The minimum absolute atomic E-state index is 0.178. The fraction of sp³-hybridized carbons (Fsp3) is 0.364. The van der Waals surface area contributed by atoms with E-state index in [1.54, 1.807) is 13.1 Å². The van der Waals surface area contributed by atoms with Crippen LogP contribution < -0.4 is 11.2 Å². The van der Waals surface area contributed by atoms with E-state index in [2.05, 4.69) is 9.50 Å². The Bertz CT molecular complexity index is 573. The molecule has 0 heterocycles. The zero-order valence-electron chi connectivity index (χ0n) is 11.1. The molecule has 9 heteroatoms. The number of carbonyl (C=O) groups is 1. The van der Waals surface area contributed by atoms with E-state index in [0.717, 1.165) is 0 Å². The van der Waals surface area contributed by atoms with Crippen molar-refractivity contribution in [3.8, 4) is 0 Å². The molecule has 112 valence electrons. The van der Waals surface area contributed by atoms with Gasteiger partial charge in [-0.2, -0.15) is 8.42 Å². The average molecular weight is 303 g/mol. The zero-order chi connectivity index (χ0) is 15.3. The normalized spacial score (nSPS) is 12.6. The van der Waals surface area contributed by atoms with E-state index < -0.39 is 22.3 Å². The molecule has 0 radical (unpaired) electrons. The highest BCUT2D eigenvalue weighted by atomic mass is 32.2. The summed E-state index contributed by atoms with van der Waals surface area (Å²) in [5.41, 5.74) is 0.552. The van der Waals surface area contributed by atoms with Gasteiger partial charge in [0, 0.05) is 12.7 Å². The number of anilines is 1. The van der Waals surface area contributed by atoms with Crippen molar-refractivity contribution in [2.45, 2.75) is 17.9 Å². The molecule has 0 fully saturated rings. The van der Waals surface area contributed by atoms with Crippen LogP contribution in [-0.4, -0.2) is 44.3 Å². The van der Waals surface area contributed by atoms with E-state index >= 15 is 0 Å². The van der Waals surface area contributed by atoms with Crippen molar-refractivity contribution in [3.05, 3.63) is 24.3 Å². The fourth-order valence-corrected chi connectivity index (χ4v) is 2.25. The van der Waals surface area contributed by atoms with Gasteiger partial charge in [0.2, 0.25) is 0 Å². The Kier molecular flexibility index (Phi) is 5.31. The molecule has 1 rings (SSSR count). The smallest absolute Gasteiger partial charge is 0.392 e. The highest BCUT2D eigenvalue weighted by molar-refractivity contribution is 7.87. The molecule has 1 aromatic carbocycles. The summed E-state index contributed by atoms with van der Waals surface area (Å²) < 4.78 is 28.2. The quantitative estimate of drug-likeness (QED) is 0.305. The second-order valence-corrected chi connectivity index (χ2v) is 5.63. The number of aliphatic hydroxyl groups excluding tert-OH is 1. The third-order valence-electron chi connectivity index (χ3n) is 2.29. The van der Waals surface area contributed by atoms with Crippen LogP contribution in [0.2, 0.25) is 0 Å². The molecule has 20 heavy (non-hydrogen) atoms. The van der Waals surface area contributed by atoms with E-state index in [1.807, 2.05) is 0 Å². The van der Waals surface area contributed by atoms with Crippen molar-refractivity contribution < 1.29 is 22.5 Å². The molecule has 1 aromatic rings. The maximum atomic E-state index is 11.9. The summed E-state index contributed by atoms with van der Waals surface area (Å²) in [6, 6.07) is 5.77. The van der Waals surface area contributed by atoms with Crippen LogP contribution in [0, 0.1) is 0 Å². The number of amides is 1. The molecule has 0 spiro atoms. The topological polar surface area (TPSA) is 122 Å². The van der Waals surface area contributed by atoms with Gasteiger partial charge in [0.15, 0.2) is 0 Å². The lowest BCUT2D eigenvalue weighted by Gasteiger charge is -2.17. The molecule has 0 bridgehead atoms. The van der Waals surface area contributed by atoms with Gasteiger partial charge in [-0.25, -0.2) is 15.6 Å². The molecule has 0 aliphatic rings. The third-order valence-corrected chi connectivity index (χ3v) is 3.48. The number of benzene rings is 1. The van der Waals surface area contributed by atoms with Crippen LogP contribution in [0.4, 0.5) is 10.5 Å². The van der Waals surface area contributed by atoms with Crippen molar-refractivity contribution in [1.82, 2.24) is 5.01 Å². The van der Waals surface area contributed by atoms with Crippen molar-refractivity contribution in [2.24, 2.45) is 5.84 Å². The number of aliphatic hydroxyl groups is 1. The lowest BCUT2D eigenvalue weighted by atomic mass is 10.3. The van der Waals surface area contributed by atoms with Gasteiger partial charge in [0.25, 0.3) is 0 Å². The van der Waals surface area contributed by atoms with Gasteiger partial charge >= 0.3 is 16.2 Å². The number of hydrogen-bond donors (Lipinski definition) is 3. The van der Waals surface area contributed by atoms with E-state index in [4.69, 9.17) is 10.9 Å². The van der Waals surface area contributed by atoms with Crippen LogP contribution in [0.1, 0.15) is 6.92 Å². The minimum atomic E-state index is -4.27. The van der Waals surface area contributed by atoms with Crippen LogP contribution in [0.5, 0.6) is 0 Å². The Hall–Kier alpha value is -1.84. The van der Waals surface area contributed by atoms with Gasteiger partial charge in [-0.15, -0.1) is 0 Å². The zero-order valence-corrected chi connectivity index (χ0v) is 11.9. The first-order valence-electron chi connectivity index (χ1n) is 5.73. The fourth-order valence-electron chi connectivity index (χ4n) is 1.36. The van der Waals surface area contributed by atoms with E-state index in [-0.39, 0.29) is 11.4 Å². The number of nitrogens with zero attached hydrogens (tertiary/aromatic N) is 1. The summed E-state index contributed by atoms with van der Waals surface area (Å²) in [5, 5.41) is 12.3. The summed E-state index contributed by atoms with van der Waals surface area (Å²) in [7, 11) is -2.64.